The molecule has 0 atom stereocenters. The number of amides is 1. The first-order valence-corrected chi connectivity index (χ1v) is 10.7. The second-order valence-electron chi connectivity index (χ2n) is 8.52. The molecule has 32 heavy (non-hydrogen) atoms. The highest BCUT2D eigenvalue weighted by Gasteiger charge is 2.26. The summed E-state index contributed by atoms with van der Waals surface area (Å²) >= 11 is 0. The molecule has 1 aromatic heterocycles. The number of nitrogens with two attached hydrogens (primary N) is 1. The van der Waals surface area contributed by atoms with Crippen molar-refractivity contribution in [1.82, 2.24) is 9.55 Å². The number of hydrogen-bond donors (Lipinski definition) is 2. The molecule has 0 radical (unpaired) electrons. The fourth-order valence-corrected chi connectivity index (χ4v) is 3.66. The van der Waals surface area contributed by atoms with E-state index in [4.69, 9.17) is 5.73 Å². The molecule has 3 N–H and O–H groups in total. The summed E-state index contributed by atoms with van der Waals surface area (Å²) in [5.41, 5.74) is 8.31. The number of nitrogens with zero attached hydrogens (tertiary/aromatic N) is 2. The van der Waals surface area contributed by atoms with Crippen LogP contribution in [0.25, 0.3) is 0 Å². The number of aromatic nitrogens is 2. The number of nitrogens with one attached hydrogen (secondary N) is 1. The Morgan fingerprint density at radius 1 is 1.09 bits per heavy atom. The zero-order valence-corrected chi connectivity index (χ0v) is 19.0. The lowest BCUT2D eigenvalue weighted by atomic mass is 10.0. The van der Waals surface area contributed by atoms with Crippen LogP contribution < -0.4 is 21.9 Å². The van der Waals surface area contributed by atoms with E-state index in [0.717, 1.165) is 16.7 Å². The first-order valence-electron chi connectivity index (χ1n) is 10.7. The van der Waals surface area contributed by atoms with Gasteiger partial charge in [-0.3, -0.25) is 19.1 Å². The molecule has 0 aliphatic heterocycles. The first-order chi connectivity index (χ1) is 15.2. The zero-order chi connectivity index (χ0) is 23.4. The molecule has 0 saturated carbocycles. The molecule has 168 valence electrons. The second kappa shape index (κ2) is 9.68. The highest BCUT2D eigenvalue weighted by molar-refractivity contribution is 6.08. The van der Waals surface area contributed by atoms with Crippen LogP contribution in [0.2, 0.25) is 0 Å². The molecular formula is C25H30N4O3. The van der Waals surface area contributed by atoms with Gasteiger partial charge < -0.3 is 10.6 Å². The monoisotopic (exact) mass is 434 g/mol. The van der Waals surface area contributed by atoms with Crippen LogP contribution in [0, 0.1) is 19.8 Å². The number of carbonyl (C=O) groups excluding carboxylic acids is 1. The van der Waals surface area contributed by atoms with Crippen LogP contribution in [-0.2, 0) is 6.54 Å². The van der Waals surface area contributed by atoms with E-state index in [1.807, 2.05) is 70.2 Å². The molecule has 7 nitrogen and oxygen atoms in total. The third-order valence-electron chi connectivity index (χ3n) is 5.46. The minimum Gasteiger partial charge on any atom is -0.383 e. The number of rotatable bonds is 7. The summed E-state index contributed by atoms with van der Waals surface area (Å²) in [5, 5.41) is 0. The Bertz CT molecular complexity index is 1230. The summed E-state index contributed by atoms with van der Waals surface area (Å²) in [6.45, 7) is 8.41. The van der Waals surface area contributed by atoms with E-state index < -0.39 is 11.2 Å². The van der Waals surface area contributed by atoms with Crippen LogP contribution in [0.15, 0.2) is 58.1 Å². The summed E-state index contributed by atoms with van der Waals surface area (Å²) in [5.74, 6) is -0.0327. The largest absolute Gasteiger partial charge is 0.383 e. The normalized spacial score (nSPS) is 11.0. The van der Waals surface area contributed by atoms with Crippen LogP contribution >= 0.6 is 0 Å². The van der Waals surface area contributed by atoms with Crippen molar-refractivity contribution in [3.8, 4) is 0 Å². The predicted molar refractivity (Wildman–Crippen MR) is 128 cm³/mol. The SMILES string of the molecule is Cc1ccc(C(=O)N(CCC(C)C)c2c(N)n(Cc3ccccc3)c(=O)[nH]c2=O)c(C)c1. The molecule has 0 aliphatic rings. The minimum atomic E-state index is -0.668. The molecule has 0 saturated heterocycles. The Kier molecular flexibility index (Phi) is 6.98. The Balaban J connectivity index is 2.13. The molecule has 0 spiro atoms. The standard InChI is InChI=1S/C25H30N4O3/c1-16(2)12-13-28(24(31)20-11-10-17(3)14-18(20)4)21-22(26)29(25(32)27-23(21)30)15-19-8-6-5-7-9-19/h5-11,14,16H,12-13,15,26H2,1-4H3,(H,27,30,32). The van der Waals surface area contributed by atoms with Crippen molar-refractivity contribution >= 4 is 17.4 Å². The maximum Gasteiger partial charge on any atom is 0.330 e. The van der Waals surface area contributed by atoms with Gasteiger partial charge in [-0.25, -0.2) is 4.79 Å². The molecule has 3 rings (SSSR count). The van der Waals surface area contributed by atoms with E-state index in [9.17, 15) is 14.4 Å². The molecule has 0 unspecified atom stereocenters. The molecule has 1 heterocycles. The quantitative estimate of drug-likeness (QED) is 0.594. The number of anilines is 2. The lowest BCUT2D eigenvalue weighted by Crippen LogP contribution is -2.42. The number of nitrogen functional groups attached to an aromatic ring is 1. The van der Waals surface area contributed by atoms with Crippen LogP contribution in [0.1, 0.15) is 47.3 Å². The van der Waals surface area contributed by atoms with Crippen molar-refractivity contribution < 1.29 is 4.79 Å². The Morgan fingerprint density at radius 2 is 1.78 bits per heavy atom. The lowest BCUT2D eigenvalue weighted by Gasteiger charge is -2.26. The van der Waals surface area contributed by atoms with Gasteiger partial charge in [-0.1, -0.05) is 61.9 Å². The number of aromatic amines is 1. The topological polar surface area (TPSA) is 101 Å². The van der Waals surface area contributed by atoms with Gasteiger partial charge >= 0.3 is 5.69 Å². The van der Waals surface area contributed by atoms with Crippen molar-refractivity contribution in [3.63, 3.8) is 0 Å². The minimum absolute atomic E-state index is 0.00570. The van der Waals surface area contributed by atoms with Crippen molar-refractivity contribution in [2.24, 2.45) is 5.92 Å². The average Bonchev–Trinajstić information content (AvgIpc) is 2.73. The van der Waals surface area contributed by atoms with Crippen LogP contribution in [0.3, 0.4) is 0 Å². The first kappa shape index (κ1) is 23.1. The molecule has 0 aliphatic carbocycles. The number of H-pyrrole nitrogens is 1. The van der Waals surface area contributed by atoms with Crippen LogP contribution in [0.5, 0.6) is 0 Å². The highest BCUT2D eigenvalue weighted by atomic mass is 16.2. The van der Waals surface area contributed by atoms with E-state index >= 15 is 0 Å². The van der Waals surface area contributed by atoms with E-state index in [0.29, 0.717) is 24.4 Å². The zero-order valence-electron chi connectivity index (χ0n) is 19.0. The molecule has 0 fully saturated rings. The molecule has 7 heteroatoms. The van der Waals surface area contributed by atoms with Crippen molar-refractivity contribution in [3.05, 3.63) is 91.6 Å². The van der Waals surface area contributed by atoms with E-state index in [1.54, 1.807) is 6.07 Å². The number of hydrogen-bond acceptors (Lipinski definition) is 4. The van der Waals surface area contributed by atoms with Gasteiger partial charge in [0.25, 0.3) is 11.5 Å². The van der Waals surface area contributed by atoms with Gasteiger partial charge in [0.1, 0.15) is 5.82 Å². The fraction of sp³-hybridized carbons (Fsp3) is 0.320. The number of aryl methyl sites for hydroxylation is 2. The molecular weight excluding hydrogens is 404 g/mol. The van der Waals surface area contributed by atoms with E-state index in [-0.39, 0.29) is 24.0 Å². The van der Waals surface area contributed by atoms with Gasteiger partial charge in [-0.2, -0.15) is 0 Å². The summed E-state index contributed by atoms with van der Waals surface area (Å²) in [4.78, 5) is 42.8. The van der Waals surface area contributed by atoms with Crippen molar-refractivity contribution in [2.75, 3.05) is 17.2 Å². The third kappa shape index (κ3) is 4.99. The van der Waals surface area contributed by atoms with E-state index in [2.05, 4.69) is 4.98 Å². The Labute approximate surface area is 187 Å². The number of carbonyl (C=O) groups is 1. The van der Waals surface area contributed by atoms with E-state index in [1.165, 1.54) is 9.47 Å². The smallest absolute Gasteiger partial charge is 0.330 e. The van der Waals surface area contributed by atoms with Gasteiger partial charge in [0.2, 0.25) is 0 Å². The summed E-state index contributed by atoms with van der Waals surface area (Å²) < 4.78 is 1.30. The van der Waals surface area contributed by atoms with Gasteiger partial charge in [-0.15, -0.1) is 0 Å². The van der Waals surface area contributed by atoms with Crippen molar-refractivity contribution in [2.45, 2.75) is 40.7 Å². The maximum absolute atomic E-state index is 13.6. The Hall–Kier alpha value is -3.61. The van der Waals surface area contributed by atoms with Crippen LogP contribution in [-0.4, -0.2) is 22.0 Å². The van der Waals surface area contributed by atoms with Gasteiger partial charge in [0.05, 0.1) is 6.54 Å². The van der Waals surface area contributed by atoms with Gasteiger partial charge in [-0.05, 0) is 43.4 Å². The summed E-state index contributed by atoms with van der Waals surface area (Å²) in [6, 6.07) is 14.9. The van der Waals surface area contributed by atoms with Crippen LogP contribution in [0.4, 0.5) is 11.5 Å². The fourth-order valence-electron chi connectivity index (χ4n) is 3.66. The Morgan fingerprint density at radius 3 is 2.41 bits per heavy atom. The maximum atomic E-state index is 13.6. The number of benzene rings is 2. The van der Waals surface area contributed by atoms with Gasteiger partial charge in [0, 0.05) is 12.1 Å². The third-order valence-corrected chi connectivity index (χ3v) is 5.46. The summed E-state index contributed by atoms with van der Waals surface area (Å²) in [7, 11) is 0. The predicted octanol–water partition coefficient (Wildman–Crippen LogP) is 3.48. The second-order valence-corrected chi connectivity index (χ2v) is 8.52. The molecule has 3 aromatic rings. The molecule has 2 aromatic carbocycles. The van der Waals surface area contributed by atoms with Crippen molar-refractivity contribution in [1.29, 1.82) is 0 Å². The highest BCUT2D eigenvalue weighted by Crippen LogP contribution is 2.23. The van der Waals surface area contributed by atoms with Gasteiger partial charge in [0.15, 0.2) is 5.69 Å². The molecule has 1 amide bonds. The lowest BCUT2D eigenvalue weighted by molar-refractivity contribution is 0.0985. The molecule has 0 bridgehead atoms. The average molecular weight is 435 g/mol. The summed E-state index contributed by atoms with van der Waals surface area (Å²) in [6.07, 6.45) is 0.674.